The van der Waals surface area contributed by atoms with Gasteiger partial charge in [0.1, 0.15) is 18.2 Å². The molecule has 5 nitrogen and oxygen atoms in total. The zero-order valence-electron chi connectivity index (χ0n) is 13.7. The molecule has 0 atom stereocenters. The number of nitrogens with one attached hydrogen (secondary N) is 1. The minimum Gasteiger partial charge on any atom is -0.488 e. The quantitative estimate of drug-likeness (QED) is 0.683. The highest BCUT2D eigenvalue weighted by molar-refractivity contribution is 5.96. The molecule has 2 aromatic rings. The van der Waals surface area contributed by atoms with Gasteiger partial charge in [0.25, 0.3) is 5.91 Å². The van der Waals surface area contributed by atoms with Crippen molar-refractivity contribution in [3.8, 4) is 5.75 Å². The number of benzene rings is 2. The number of carbonyl (C=O) groups excluding carboxylic acids is 1. The van der Waals surface area contributed by atoms with Gasteiger partial charge in [-0.1, -0.05) is 24.3 Å². The predicted octanol–water partition coefficient (Wildman–Crippen LogP) is 3.39. The number of aliphatic carboxylic acids is 1. The van der Waals surface area contributed by atoms with Gasteiger partial charge in [0, 0.05) is 13.0 Å². The maximum Gasteiger partial charge on any atom is 0.303 e. The third-order valence-electron chi connectivity index (χ3n) is 3.54. The molecule has 0 saturated carbocycles. The third-order valence-corrected chi connectivity index (χ3v) is 3.54. The van der Waals surface area contributed by atoms with E-state index in [1.54, 1.807) is 36.4 Å². The summed E-state index contributed by atoms with van der Waals surface area (Å²) in [6.45, 7) is 0.627. The number of hydrogen-bond donors (Lipinski definition) is 2. The second-order valence-electron chi connectivity index (χ2n) is 5.52. The van der Waals surface area contributed by atoms with E-state index in [4.69, 9.17) is 9.84 Å². The number of halogens is 1. The summed E-state index contributed by atoms with van der Waals surface area (Å²) in [5, 5.41) is 11.3. The fourth-order valence-corrected chi connectivity index (χ4v) is 2.22. The number of unbranched alkanes of at least 4 members (excludes halogenated alkanes) is 1. The molecular weight excluding hydrogens is 325 g/mol. The van der Waals surface area contributed by atoms with Crippen molar-refractivity contribution in [3.05, 3.63) is 65.5 Å². The summed E-state index contributed by atoms with van der Waals surface area (Å²) in [6.07, 6.45) is 1.20. The number of para-hydroxylation sites is 1. The first-order valence-corrected chi connectivity index (χ1v) is 8.02. The van der Waals surface area contributed by atoms with Crippen LogP contribution in [-0.4, -0.2) is 23.5 Å². The molecule has 2 rings (SSSR count). The Labute approximate surface area is 145 Å². The molecule has 0 aromatic heterocycles. The summed E-state index contributed by atoms with van der Waals surface area (Å²) in [5.41, 5.74) is 1.20. The minimum absolute atomic E-state index is 0.0905. The van der Waals surface area contributed by atoms with Gasteiger partial charge in [0.2, 0.25) is 0 Å². The van der Waals surface area contributed by atoms with Crippen molar-refractivity contribution in [2.24, 2.45) is 0 Å². The summed E-state index contributed by atoms with van der Waals surface area (Å²) in [6, 6.07) is 12.8. The van der Waals surface area contributed by atoms with Crippen molar-refractivity contribution in [2.75, 3.05) is 6.54 Å². The first-order chi connectivity index (χ1) is 12.1. The lowest BCUT2D eigenvalue weighted by atomic mass is 10.1. The number of ether oxygens (including phenoxy) is 1. The van der Waals surface area contributed by atoms with Crippen LogP contribution in [0.1, 0.15) is 35.2 Å². The molecular formula is C19H20FNO4. The Morgan fingerprint density at radius 2 is 1.76 bits per heavy atom. The summed E-state index contributed by atoms with van der Waals surface area (Å²) in [5.74, 6) is -0.989. The Bertz CT molecular complexity index is 716. The van der Waals surface area contributed by atoms with Gasteiger partial charge in [-0.15, -0.1) is 0 Å². The highest BCUT2D eigenvalue weighted by atomic mass is 19.1. The number of rotatable bonds is 9. The van der Waals surface area contributed by atoms with Gasteiger partial charge in [-0.05, 0) is 42.7 Å². The van der Waals surface area contributed by atoms with Gasteiger partial charge < -0.3 is 15.2 Å². The lowest BCUT2D eigenvalue weighted by Gasteiger charge is -2.12. The van der Waals surface area contributed by atoms with Crippen molar-refractivity contribution in [1.29, 1.82) is 0 Å². The van der Waals surface area contributed by atoms with Crippen LogP contribution in [0.2, 0.25) is 0 Å². The van der Waals surface area contributed by atoms with E-state index in [1.165, 1.54) is 12.1 Å². The number of carboxylic acids is 1. The lowest BCUT2D eigenvalue weighted by molar-refractivity contribution is -0.137. The van der Waals surface area contributed by atoms with Crippen LogP contribution >= 0.6 is 0 Å². The van der Waals surface area contributed by atoms with E-state index < -0.39 is 5.97 Å². The molecule has 1 amide bonds. The first-order valence-electron chi connectivity index (χ1n) is 8.02. The standard InChI is InChI=1S/C19H20FNO4/c20-15-10-8-14(9-11-15)13-25-17-6-2-1-5-16(17)19(24)21-12-4-3-7-18(22)23/h1-2,5-6,8-11H,3-4,7,12-13H2,(H,21,24)(H,22,23). The van der Waals surface area contributed by atoms with Gasteiger partial charge in [-0.3, -0.25) is 9.59 Å². The zero-order chi connectivity index (χ0) is 18.1. The van der Waals surface area contributed by atoms with Gasteiger partial charge in [-0.25, -0.2) is 4.39 Å². The number of carbonyl (C=O) groups is 2. The molecule has 0 unspecified atom stereocenters. The maximum atomic E-state index is 12.9. The second-order valence-corrected chi connectivity index (χ2v) is 5.52. The molecule has 25 heavy (non-hydrogen) atoms. The van der Waals surface area contributed by atoms with Gasteiger partial charge in [0.05, 0.1) is 5.56 Å². The largest absolute Gasteiger partial charge is 0.488 e. The van der Waals surface area contributed by atoms with E-state index in [2.05, 4.69) is 5.32 Å². The monoisotopic (exact) mass is 345 g/mol. The van der Waals surface area contributed by atoms with E-state index in [0.717, 1.165) is 5.56 Å². The van der Waals surface area contributed by atoms with Crippen molar-refractivity contribution in [2.45, 2.75) is 25.9 Å². The van der Waals surface area contributed by atoms with Crippen LogP contribution < -0.4 is 10.1 Å². The van der Waals surface area contributed by atoms with Crippen LogP contribution in [0.15, 0.2) is 48.5 Å². The average molecular weight is 345 g/mol. The van der Waals surface area contributed by atoms with Crippen molar-refractivity contribution in [3.63, 3.8) is 0 Å². The van der Waals surface area contributed by atoms with Crippen LogP contribution in [0.25, 0.3) is 0 Å². The molecule has 6 heteroatoms. The van der Waals surface area contributed by atoms with Crippen molar-refractivity contribution >= 4 is 11.9 Å². The van der Waals surface area contributed by atoms with Crippen LogP contribution in [0.3, 0.4) is 0 Å². The topological polar surface area (TPSA) is 75.6 Å². The molecule has 0 heterocycles. The highest BCUT2D eigenvalue weighted by Crippen LogP contribution is 2.19. The minimum atomic E-state index is -0.842. The third kappa shape index (κ3) is 6.25. The molecule has 0 radical (unpaired) electrons. The molecule has 0 bridgehead atoms. The fourth-order valence-electron chi connectivity index (χ4n) is 2.22. The molecule has 132 valence electrons. The van der Waals surface area contributed by atoms with Crippen LogP contribution in [-0.2, 0) is 11.4 Å². The van der Waals surface area contributed by atoms with E-state index in [9.17, 15) is 14.0 Å². The van der Waals surface area contributed by atoms with E-state index in [-0.39, 0.29) is 24.8 Å². The van der Waals surface area contributed by atoms with Gasteiger partial charge >= 0.3 is 5.97 Å². The average Bonchev–Trinajstić information content (AvgIpc) is 2.61. The van der Waals surface area contributed by atoms with E-state index in [0.29, 0.717) is 30.7 Å². The van der Waals surface area contributed by atoms with Crippen LogP contribution in [0.4, 0.5) is 4.39 Å². The molecule has 0 aliphatic carbocycles. The second kappa shape index (κ2) is 9.42. The smallest absolute Gasteiger partial charge is 0.303 e. The maximum absolute atomic E-state index is 12.9. The van der Waals surface area contributed by atoms with Crippen molar-refractivity contribution in [1.82, 2.24) is 5.32 Å². The Hall–Kier alpha value is -2.89. The number of hydrogen-bond acceptors (Lipinski definition) is 3. The SMILES string of the molecule is O=C(O)CCCCNC(=O)c1ccccc1OCc1ccc(F)cc1. The highest BCUT2D eigenvalue weighted by Gasteiger charge is 2.11. The molecule has 0 fully saturated rings. The Kier molecular flexibility index (Phi) is 6.95. The molecule has 0 saturated heterocycles. The Balaban J connectivity index is 1.89. The Morgan fingerprint density at radius 1 is 1.04 bits per heavy atom. The summed E-state index contributed by atoms with van der Waals surface area (Å²) < 4.78 is 18.6. The number of carboxylic acid groups (broad SMARTS) is 1. The zero-order valence-corrected chi connectivity index (χ0v) is 13.7. The predicted molar refractivity (Wildman–Crippen MR) is 91.0 cm³/mol. The van der Waals surface area contributed by atoms with Gasteiger partial charge in [0.15, 0.2) is 0 Å². The lowest BCUT2D eigenvalue weighted by Crippen LogP contribution is -2.25. The Morgan fingerprint density at radius 3 is 2.48 bits per heavy atom. The summed E-state index contributed by atoms with van der Waals surface area (Å²) in [7, 11) is 0. The van der Waals surface area contributed by atoms with Crippen LogP contribution in [0.5, 0.6) is 5.75 Å². The van der Waals surface area contributed by atoms with Crippen molar-refractivity contribution < 1.29 is 23.8 Å². The van der Waals surface area contributed by atoms with E-state index in [1.807, 2.05) is 0 Å². The molecule has 2 aromatic carbocycles. The molecule has 2 N–H and O–H groups in total. The molecule has 0 aliphatic heterocycles. The first kappa shape index (κ1) is 18.4. The van der Waals surface area contributed by atoms with E-state index >= 15 is 0 Å². The molecule has 0 aliphatic rings. The molecule has 0 spiro atoms. The van der Waals surface area contributed by atoms with Crippen LogP contribution in [0, 0.1) is 5.82 Å². The number of amides is 1. The van der Waals surface area contributed by atoms with Gasteiger partial charge in [-0.2, -0.15) is 0 Å². The normalized spacial score (nSPS) is 10.3. The fraction of sp³-hybridized carbons (Fsp3) is 0.263. The summed E-state index contributed by atoms with van der Waals surface area (Å²) in [4.78, 5) is 22.7. The summed E-state index contributed by atoms with van der Waals surface area (Å²) >= 11 is 0.